The molecule has 0 unspecified atom stereocenters. The lowest BCUT2D eigenvalue weighted by atomic mass is 9.94. The fourth-order valence-corrected chi connectivity index (χ4v) is 3.54. The van der Waals surface area contributed by atoms with E-state index in [1.54, 1.807) is 42.5 Å². The van der Waals surface area contributed by atoms with Crippen LogP contribution < -0.4 is 14.8 Å². The molecule has 0 fully saturated rings. The van der Waals surface area contributed by atoms with Crippen LogP contribution in [0.15, 0.2) is 54.6 Å². The number of imide groups is 1. The standard InChI is InChI=1S/C21H14N2O5/c24-18(22-13-7-8-16-17(9-13)28-11-27-16)10-23-20(25)14-5-1-3-12-4-2-6-15(19(12)14)21(23)26/h1-9H,10-11H2,(H,22,24). The fourth-order valence-electron chi connectivity index (χ4n) is 3.54. The molecule has 2 heterocycles. The molecular formula is C21H14N2O5. The monoisotopic (exact) mass is 374 g/mol. The van der Waals surface area contributed by atoms with Gasteiger partial charge in [0, 0.05) is 28.3 Å². The molecule has 1 N–H and O–H groups in total. The molecule has 0 aliphatic carbocycles. The van der Waals surface area contributed by atoms with Crippen LogP contribution in [0, 0.1) is 0 Å². The van der Waals surface area contributed by atoms with Crippen LogP contribution in [0.3, 0.4) is 0 Å². The van der Waals surface area contributed by atoms with Gasteiger partial charge >= 0.3 is 0 Å². The molecule has 0 saturated carbocycles. The summed E-state index contributed by atoms with van der Waals surface area (Å²) in [5.74, 6) is -0.301. The largest absolute Gasteiger partial charge is 0.454 e. The van der Waals surface area contributed by atoms with Crippen LogP contribution in [0.4, 0.5) is 5.69 Å². The number of amides is 3. The summed E-state index contributed by atoms with van der Waals surface area (Å²) >= 11 is 0. The average molecular weight is 374 g/mol. The van der Waals surface area contributed by atoms with Gasteiger partial charge in [0.2, 0.25) is 12.7 Å². The molecule has 3 aromatic rings. The first-order chi connectivity index (χ1) is 13.6. The zero-order valence-electron chi connectivity index (χ0n) is 14.6. The van der Waals surface area contributed by atoms with E-state index in [1.165, 1.54) is 0 Å². The molecule has 0 aromatic heterocycles. The van der Waals surface area contributed by atoms with Crippen LogP contribution in [0.2, 0.25) is 0 Å². The molecule has 2 aliphatic rings. The highest BCUT2D eigenvalue weighted by Gasteiger charge is 2.33. The van der Waals surface area contributed by atoms with Gasteiger partial charge in [0.05, 0.1) is 0 Å². The Bertz CT molecular complexity index is 1120. The molecule has 0 spiro atoms. The first kappa shape index (κ1) is 16.3. The number of rotatable bonds is 3. The molecule has 3 amide bonds. The van der Waals surface area contributed by atoms with Crippen LogP contribution in [-0.4, -0.2) is 36.0 Å². The van der Waals surface area contributed by atoms with Crippen molar-refractivity contribution in [2.45, 2.75) is 0 Å². The second kappa shape index (κ2) is 6.09. The molecule has 28 heavy (non-hydrogen) atoms. The Balaban J connectivity index is 1.40. The van der Waals surface area contributed by atoms with E-state index in [1.807, 2.05) is 12.1 Å². The Morgan fingerprint density at radius 1 is 0.929 bits per heavy atom. The van der Waals surface area contributed by atoms with Gasteiger partial charge in [0.25, 0.3) is 11.8 Å². The van der Waals surface area contributed by atoms with Crippen LogP contribution in [0.25, 0.3) is 10.8 Å². The Labute approximate surface area is 159 Å². The van der Waals surface area contributed by atoms with Crippen molar-refractivity contribution in [1.29, 1.82) is 0 Å². The molecule has 138 valence electrons. The summed E-state index contributed by atoms with van der Waals surface area (Å²) in [7, 11) is 0. The Hall–Kier alpha value is -3.87. The van der Waals surface area contributed by atoms with Gasteiger partial charge in [-0.3, -0.25) is 19.3 Å². The van der Waals surface area contributed by atoms with Gasteiger partial charge in [-0.15, -0.1) is 0 Å². The lowest BCUT2D eigenvalue weighted by Gasteiger charge is -2.26. The molecule has 7 nitrogen and oxygen atoms in total. The first-order valence-corrected chi connectivity index (χ1v) is 8.69. The van der Waals surface area contributed by atoms with E-state index in [-0.39, 0.29) is 13.3 Å². The lowest BCUT2D eigenvalue weighted by Crippen LogP contribution is -2.44. The van der Waals surface area contributed by atoms with Crippen LogP contribution in [0.5, 0.6) is 11.5 Å². The van der Waals surface area contributed by atoms with Crippen molar-refractivity contribution in [2.75, 3.05) is 18.7 Å². The SMILES string of the molecule is O=C(CN1C(=O)c2cccc3cccc(c23)C1=O)Nc1ccc2c(c1)OCO2. The summed E-state index contributed by atoms with van der Waals surface area (Å²) in [5.41, 5.74) is 1.33. The van der Waals surface area contributed by atoms with Crippen molar-refractivity contribution in [2.24, 2.45) is 0 Å². The second-order valence-electron chi connectivity index (χ2n) is 6.52. The van der Waals surface area contributed by atoms with Gasteiger partial charge in [-0.2, -0.15) is 0 Å². The van der Waals surface area contributed by atoms with Crippen LogP contribution in [0.1, 0.15) is 20.7 Å². The third kappa shape index (κ3) is 2.48. The minimum Gasteiger partial charge on any atom is -0.454 e. The topological polar surface area (TPSA) is 84.9 Å². The van der Waals surface area contributed by atoms with E-state index in [0.29, 0.717) is 33.7 Å². The Morgan fingerprint density at radius 2 is 1.61 bits per heavy atom. The van der Waals surface area contributed by atoms with Crippen molar-refractivity contribution in [3.63, 3.8) is 0 Å². The number of hydrogen-bond donors (Lipinski definition) is 1. The molecule has 5 rings (SSSR count). The van der Waals surface area contributed by atoms with Crippen molar-refractivity contribution in [1.82, 2.24) is 4.90 Å². The summed E-state index contributed by atoms with van der Waals surface area (Å²) < 4.78 is 10.5. The zero-order valence-corrected chi connectivity index (χ0v) is 14.6. The summed E-state index contributed by atoms with van der Waals surface area (Å²) in [6.45, 7) is -0.245. The minimum absolute atomic E-state index is 0.133. The minimum atomic E-state index is -0.480. The quantitative estimate of drug-likeness (QED) is 0.713. The van der Waals surface area contributed by atoms with E-state index in [2.05, 4.69) is 5.32 Å². The number of carbonyl (C=O) groups is 3. The molecule has 0 bridgehead atoms. The van der Waals surface area contributed by atoms with Crippen molar-refractivity contribution in [3.8, 4) is 11.5 Å². The highest BCUT2D eigenvalue weighted by molar-refractivity contribution is 6.26. The van der Waals surface area contributed by atoms with E-state index < -0.39 is 17.7 Å². The van der Waals surface area contributed by atoms with Crippen molar-refractivity contribution < 1.29 is 23.9 Å². The zero-order chi connectivity index (χ0) is 19.3. The maximum atomic E-state index is 12.8. The van der Waals surface area contributed by atoms with Crippen LogP contribution >= 0.6 is 0 Å². The van der Waals surface area contributed by atoms with Gasteiger partial charge in [0.1, 0.15) is 6.54 Å². The highest BCUT2D eigenvalue weighted by Crippen LogP contribution is 2.34. The predicted octanol–water partition coefficient (Wildman–Crippen LogP) is 2.80. The Kier molecular flexibility index (Phi) is 3.55. The Morgan fingerprint density at radius 3 is 2.32 bits per heavy atom. The molecule has 0 radical (unpaired) electrons. The van der Waals surface area contributed by atoms with E-state index in [0.717, 1.165) is 10.3 Å². The van der Waals surface area contributed by atoms with E-state index >= 15 is 0 Å². The fraction of sp³-hybridized carbons (Fsp3) is 0.0952. The molecule has 7 heteroatoms. The normalized spacial score (nSPS) is 14.5. The maximum Gasteiger partial charge on any atom is 0.261 e. The average Bonchev–Trinajstić information content (AvgIpc) is 3.17. The first-order valence-electron chi connectivity index (χ1n) is 8.69. The van der Waals surface area contributed by atoms with Gasteiger partial charge in [0.15, 0.2) is 11.5 Å². The summed E-state index contributed by atoms with van der Waals surface area (Å²) in [4.78, 5) is 39.2. The molecule has 3 aromatic carbocycles. The predicted molar refractivity (Wildman–Crippen MR) is 101 cm³/mol. The summed E-state index contributed by atoms with van der Waals surface area (Å²) in [6.07, 6.45) is 0. The third-order valence-electron chi connectivity index (χ3n) is 4.81. The summed E-state index contributed by atoms with van der Waals surface area (Å²) in [6, 6.07) is 15.6. The molecule has 2 aliphatic heterocycles. The number of anilines is 1. The molecular weight excluding hydrogens is 360 g/mol. The van der Waals surface area contributed by atoms with Crippen molar-refractivity contribution in [3.05, 3.63) is 65.7 Å². The second-order valence-corrected chi connectivity index (χ2v) is 6.52. The van der Waals surface area contributed by atoms with Gasteiger partial charge in [-0.1, -0.05) is 24.3 Å². The van der Waals surface area contributed by atoms with Crippen molar-refractivity contribution >= 4 is 34.2 Å². The number of ether oxygens (including phenoxy) is 2. The third-order valence-corrected chi connectivity index (χ3v) is 4.81. The van der Waals surface area contributed by atoms with Gasteiger partial charge in [-0.25, -0.2) is 0 Å². The molecule has 0 atom stereocenters. The number of nitrogens with zero attached hydrogens (tertiary/aromatic N) is 1. The molecule has 0 saturated heterocycles. The smallest absolute Gasteiger partial charge is 0.261 e. The van der Waals surface area contributed by atoms with Gasteiger partial charge in [-0.05, 0) is 29.7 Å². The number of carbonyl (C=O) groups excluding carboxylic acids is 3. The van der Waals surface area contributed by atoms with E-state index in [9.17, 15) is 14.4 Å². The van der Waals surface area contributed by atoms with Gasteiger partial charge < -0.3 is 14.8 Å². The lowest BCUT2D eigenvalue weighted by molar-refractivity contribution is -0.116. The number of nitrogens with one attached hydrogen (secondary N) is 1. The van der Waals surface area contributed by atoms with E-state index in [4.69, 9.17) is 9.47 Å². The number of hydrogen-bond acceptors (Lipinski definition) is 5. The number of benzene rings is 3. The highest BCUT2D eigenvalue weighted by atomic mass is 16.7. The summed E-state index contributed by atoms with van der Waals surface area (Å²) in [5, 5.41) is 4.14. The maximum absolute atomic E-state index is 12.8. The van der Waals surface area contributed by atoms with Crippen LogP contribution in [-0.2, 0) is 4.79 Å². The number of fused-ring (bicyclic) bond motifs is 1.